The topological polar surface area (TPSA) is 54.3 Å². The predicted octanol–water partition coefficient (Wildman–Crippen LogP) is 1.94. The van der Waals surface area contributed by atoms with Crippen molar-refractivity contribution in [3.63, 3.8) is 0 Å². The van der Waals surface area contributed by atoms with Gasteiger partial charge >= 0.3 is 0 Å². The van der Waals surface area contributed by atoms with Gasteiger partial charge < -0.3 is 15.0 Å². The summed E-state index contributed by atoms with van der Waals surface area (Å²) in [6, 6.07) is 1.76. The number of hydrogen-bond donors (Lipinski definition) is 2. The van der Waals surface area contributed by atoms with Crippen LogP contribution in [0.4, 0.5) is 0 Å². The number of aliphatic hydroxyl groups is 1. The number of hydrogen-bond acceptors (Lipinski definition) is 2. The van der Waals surface area contributed by atoms with Crippen LogP contribution >= 0.6 is 15.9 Å². The summed E-state index contributed by atoms with van der Waals surface area (Å²) < 4.78 is 2.77. The number of halogens is 1. The number of nitrogens with one attached hydrogen (secondary N) is 1. The molecule has 2 N–H and O–H groups in total. The molecule has 5 heteroatoms. The van der Waals surface area contributed by atoms with Crippen molar-refractivity contribution < 1.29 is 9.90 Å². The Bertz CT molecular complexity index is 374. The Morgan fingerprint density at radius 3 is 2.69 bits per heavy atom. The summed E-state index contributed by atoms with van der Waals surface area (Å²) in [6.07, 6.45) is 1.88. The summed E-state index contributed by atoms with van der Waals surface area (Å²) in [4.78, 5) is 11.9. The number of carbonyl (C=O) groups is 1. The molecule has 1 amide bonds. The highest BCUT2D eigenvalue weighted by atomic mass is 79.9. The molecule has 1 aromatic heterocycles. The van der Waals surface area contributed by atoms with Crippen LogP contribution in [-0.4, -0.2) is 28.2 Å². The Labute approximate surface area is 104 Å². The standard InChI is InChI=1S/C11H17BrN2O2/c1-7(2)14-5-9(12)4-10(14)11(16)13-8(3)6-15/h4-5,7-8,15H,6H2,1-3H3,(H,13,16). The first kappa shape index (κ1) is 13.3. The highest BCUT2D eigenvalue weighted by molar-refractivity contribution is 9.10. The Balaban J connectivity index is 2.90. The van der Waals surface area contributed by atoms with Crippen LogP contribution in [-0.2, 0) is 0 Å². The zero-order valence-electron chi connectivity index (χ0n) is 9.70. The van der Waals surface area contributed by atoms with E-state index in [0.717, 1.165) is 4.47 Å². The lowest BCUT2D eigenvalue weighted by molar-refractivity contribution is 0.0911. The average molecular weight is 289 g/mol. The fourth-order valence-electron chi connectivity index (χ4n) is 1.40. The minimum atomic E-state index is -0.234. The zero-order chi connectivity index (χ0) is 12.3. The fourth-order valence-corrected chi connectivity index (χ4v) is 1.84. The number of rotatable bonds is 4. The normalized spacial score (nSPS) is 12.9. The molecular weight excluding hydrogens is 272 g/mol. The van der Waals surface area contributed by atoms with E-state index in [1.54, 1.807) is 13.0 Å². The minimum Gasteiger partial charge on any atom is -0.394 e. The van der Waals surface area contributed by atoms with Gasteiger partial charge in [0, 0.05) is 22.8 Å². The largest absolute Gasteiger partial charge is 0.394 e. The van der Waals surface area contributed by atoms with Crippen molar-refractivity contribution in [2.24, 2.45) is 0 Å². The molecule has 90 valence electrons. The molecule has 0 aliphatic carbocycles. The molecule has 0 aliphatic rings. The second-order valence-corrected chi connectivity index (χ2v) is 5.02. The molecule has 0 aromatic carbocycles. The van der Waals surface area contributed by atoms with Gasteiger partial charge in [0.2, 0.25) is 0 Å². The Morgan fingerprint density at radius 2 is 2.19 bits per heavy atom. The monoisotopic (exact) mass is 288 g/mol. The van der Waals surface area contributed by atoms with Gasteiger partial charge in [-0.25, -0.2) is 0 Å². The van der Waals surface area contributed by atoms with E-state index in [0.29, 0.717) is 5.69 Å². The molecule has 1 heterocycles. The molecule has 4 nitrogen and oxygen atoms in total. The van der Waals surface area contributed by atoms with Gasteiger partial charge in [-0.1, -0.05) is 0 Å². The second-order valence-electron chi connectivity index (χ2n) is 4.10. The number of nitrogens with zero attached hydrogens (tertiary/aromatic N) is 1. The zero-order valence-corrected chi connectivity index (χ0v) is 11.3. The smallest absolute Gasteiger partial charge is 0.268 e. The lowest BCUT2D eigenvalue weighted by atomic mass is 10.3. The predicted molar refractivity (Wildman–Crippen MR) is 66.5 cm³/mol. The van der Waals surface area contributed by atoms with E-state index in [1.165, 1.54) is 0 Å². The van der Waals surface area contributed by atoms with Gasteiger partial charge in [-0.3, -0.25) is 4.79 Å². The second kappa shape index (κ2) is 5.50. The Hall–Kier alpha value is -0.810. The number of carbonyl (C=O) groups excluding carboxylic acids is 1. The van der Waals surface area contributed by atoms with Crippen molar-refractivity contribution in [1.29, 1.82) is 0 Å². The third-order valence-corrected chi connectivity index (χ3v) is 2.69. The van der Waals surface area contributed by atoms with Crippen LogP contribution in [0.15, 0.2) is 16.7 Å². The van der Waals surface area contributed by atoms with E-state index < -0.39 is 0 Å². The van der Waals surface area contributed by atoms with Crippen molar-refractivity contribution in [3.8, 4) is 0 Å². The van der Waals surface area contributed by atoms with E-state index in [9.17, 15) is 4.79 Å². The van der Waals surface area contributed by atoms with Crippen LogP contribution < -0.4 is 5.32 Å². The van der Waals surface area contributed by atoms with Gasteiger partial charge in [0.05, 0.1) is 6.61 Å². The molecule has 0 spiro atoms. The first-order valence-corrected chi connectivity index (χ1v) is 6.04. The molecule has 1 atom stereocenters. The summed E-state index contributed by atoms with van der Waals surface area (Å²) in [6.45, 7) is 5.72. The SMILES string of the molecule is CC(CO)NC(=O)c1cc(Br)cn1C(C)C. The average Bonchev–Trinajstić information content (AvgIpc) is 2.60. The number of aliphatic hydroxyl groups excluding tert-OH is 1. The van der Waals surface area contributed by atoms with Crippen molar-refractivity contribution in [3.05, 3.63) is 22.4 Å². The van der Waals surface area contributed by atoms with Crippen molar-refractivity contribution in [1.82, 2.24) is 9.88 Å². The minimum absolute atomic E-state index is 0.0602. The summed E-state index contributed by atoms with van der Waals surface area (Å²) in [7, 11) is 0. The summed E-state index contributed by atoms with van der Waals surface area (Å²) in [5, 5.41) is 11.6. The van der Waals surface area contributed by atoms with Crippen LogP contribution in [0, 0.1) is 0 Å². The maximum atomic E-state index is 11.9. The lowest BCUT2D eigenvalue weighted by Crippen LogP contribution is -2.36. The molecule has 0 saturated carbocycles. The molecular formula is C11H17BrN2O2. The first-order valence-electron chi connectivity index (χ1n) is 5.24. The van der Waals surface area contributed by atoms with Gasteiger partial charge in [0.25, 0.3) is 5.91 Å². The quantitative estimate of drug-likeness (QED) is 0.890. The van der Waals surface area contributed by atoms with Crippen molar-refractivity contribution in [2.45, 2.75) is 32.9 Å². The third-order valence-electron chi connectivity index (χ3n) is 2.26. The van der Waals surface area contributed by atoms with E-state index >= 15 is 0 Å². The van der Waals surface area contributed by atoms with Crippen molar-refractivity contribution in [2.75, 3.05) is 6.61 Å². The Kier molecular flexibility index (Phi) is 4.56. The molecule has 0 bridgehead atoms. The van der Waals surface area contributed by atoms with Crippen molar-refractivity contribution >= 4 is 21.8 Å². The first-order chi connectivity index (χ1) is 7.45. The van der Waals surface area contributed by atoms with Gasteiger partial charge in [0.15, 0.2) is 0 Å². The molecule has 0 aliphatic heterocycles. The molecule has 0 radical (unpaired) electrons. The third kappa shape index (κ3) is 3.09. The molecule has 1 rings (SSSR count). The maximum Gasteiger partial charge on any atom is 0.268 e. The number of amides is 1. The van der Waals surface area contributed by atoms with E-state index in [2.05, 4.69) is 21.2 Å². The number of aromatic nitrogens is 1. The van der Waals surface area contributed by atoms with E-state index in [1.807, 2.05) is 24.6 Å². The van der Waals surface area contributed by atoms with Gasteiger partial charge in [-0.15, -0.1) is 0 Å². The summed E-state index contributed by atoms with van der Waals surface area (Å²) in [5.74, 6) is -0.166. The van der Waals surface area contributed by atoms with E-state index in [-0.39, 0.29) is 24.6 Å². The highest BCUT2D eigenvalue weighted by Gasteiger charge is 2.16. The molecule has 1 unspecified atom stereocenters. The fraction of sp³-hybridized carbons (Fsp3) is 0.545. The molecule has 0 saturated heterocycles. The maximum absolute atomic E-state index is 11.9. The van der Waals surface area contributed by atoms with Crippen LogP contribution in [0.2, 0.25) is 0 Å². The molecule has 1 aromatic rings. The highest BCUT2D eigenvalue weighted by Crippen LogP contribution is 2.19. The summed E-state index contributed by atoms with van der Waals surface area (Å²) >= 11 is 3.35. The van der Waals surface area contributed by atoms with Gasteiger partial charge in [0.1, 0.15) is 5.69 Å². The van der Waals surface area contributed by atoms with Crippen LogP contribution in [0.3, 0.4) is 0 Å². The summed E-state index contributed by atoms with van der Waals surface area (Å²) in [5.41, 5.74) is 0.599. The molecule has 0 fully saturated rings. The Morgan fingerprint density at radius 1 is 1.56 bits per heavy atom. The van der Waals surface area contributed by atoms with Crippen LogP contribution in [0.25, 0.3) is 0 Å². The van der Waals surface area contributed by atoms with Crippen LogP contribution in [0.5, 0.6) is 0 Å². The van der Waals surface area contributed by atoms with Gasteiger partial charge in [-0.2, -0.15) is 0 Å². The lowest BCUT2D eigenvalue weighted by Gasteiger charge is -2.15. The van der Waals surface area contributed by atoms with Crippen LogP contribution in [0.1, 0.15) is 37.3 Å². The molecule has 16 heavy (non-hydrogen) atoms. The van der Waals surface area contributed by atoms with E-state index in [4.69, 9.17) is 5.11 Å². The van der Waals surface area contributed by atoms with Gasteiger partial charge in [-0.05, 0) is 42.8 Å².